The molecular weight excluding hydrogens is 609 g/mol. The second-order valence-electron chi connectivity index (χ2n) is 11.0. The third-order valence-electron chi connectivity index (χ3n) is 7.87. The second-order valence-corrected chi connectivity index (χ2v) is 14.3. The Labute approximate surface area is 247 Å². The highest BCUT2D eigenvalue weighted by atomic mass is 31.2. The summed E-state index contributed by atoms with van der Waals surface area (Å²) in [5, 5.41) is 4.25. The van der Waals surface area contributed by atoms with Gasteiger partial charge in [-0.25, -0.2) is 9.97 Å². The smallest absolute Gasteiger partial charge is 0.405 e. The molecule has 1 aliphatic rings. The third-order valence-corrected chi connectivity index (χ3v) is 10.4. The Kier molecular flexibility index (Phi) is 6.99. The van der Waals surface area contributed by atoms with Crippen LogP contribution in [0.5, 0.6) is 5.75 Å². The van der Waals surface area contributed by atoms with Crippen molar-refractivity contribution in [2.45, 2.75) is 38.2 Å². The van der Waals surface area contributed by atoms with E-state index in [4.69, 9.17) is 4.98 Å². The molecule has 0 bridgehead atoms. The van der Waals surface area contributed by atoms with Crippen molar-refractivity contribution in [2.24, 2.45) is 14.1 Å². The zero-order valence-electron chi connectivity index (χ0n) is 24.0. The van der Waals surface area contributed by atoms with Gasteiger partial charge in [0, 0.05) is 42.7 Å². The van der Waals surface area contributed by atoms with Crippen LogP contribution >= 0.6 is 7.14 Å². The van der Waals surface area contributed by atoms with Gasteiger partial charge in [0.1, 0.15) is 30.1 Å². The molecule has 6 rings (SSSR count). The van der Waals surface area contributed by atoms with Crippen molar-refractivity contribution in [1.29, 1.82) is 0 Å². The fourth-order valence-electron chi connectivity index (χ4n) is 5.35. The molecule has 1 saturated carbocycles. The summed E-state index contributed by atoms with van der Waals surface area (Å²) in [6, 6.07) is 10.3. The van der Waals surface area contributed by atoms with Crippen LogP contribution in [0.15, 0.2) is 42.5 Å². The molecule has 1 fully saturated rings. The highest BCUT2D eigenvalue weighted by Gasteiger charge is 2.37. The topological polar surface area (TPSA) is 90.6 Å². The van der Waals surface area contributed by atoms with Crippen molar-refractivity contribution < 1.29 is 35.6 Å². The summed E-state index contributed by atoms with van der Waals surface area (Å²) < 4.78 is 101. The van der Waals surface area contributed by atoms with Gasteiger partial charge in [0.25, 0.3) is 0 Å². The maximum absolute atomic E-state index is 13.5. The maximum atomic E-state index is 13.5. The van der Waals surface area contributed by atoms with Gasteiger partial charge in [-0.3, -0.25) is 4.68 Å². The number of aromatic nitrogens is 6. The van der Waals surface area contributed by atoms with E-state index in [1.807, 2.05) is 0 Å². The summed E-state index contributed by atoms with van der Waals surface area (Å²) in [4.78, 5) is 12.4. The molecule has 1 unspecified atom stereocenters. The van der Waals surface area contributed by atoms with Gasteiger partial charge < -0.3 is 18.9 Å². The summed E-state index contributed by atoms with van der Waals surface area (Å²) in [5.41, 5.74) is 1.91. The van der Waals surface area contributed by atoms with E-state index in [9.17, 15) is 30.9 Å². The average molecular weight is 637 g/mol. The summed E-state index contributed by atoms with van der Waals surface area (Å²) in [6.45, 7) is 3.22. The minimum atomic E-state index is -5.00. The number of ether oxygens (including phenoxy) is 1. The Morgan fingerprint density at radius 3 is 2.36 bits per heavy atom. The molecule has 232 valence electrons. The fraction of sp³-hybridized carbons (Fsp3) is 0.345. The van der Waals surface area contributed by atoms with Crippen molar-refractivity contribution in [1.82, 2.24) is 29.3 Å². The van der Waals surface area contributed by atoms with Crippen LogP contribution in [-0.4, -0.2) is 48.5 Å². The Hall–Kier alpha value is -4.06. The van der Waals surface area contributed by atoms with Gasteiger partial charge >= 0.3 is 12.5 Å². The lowest BCUT2D eigenvalue weighted by atomic mass is 10.1. The summed E-state index contributed by atoms with van der Waals surface area (Å²) in [7, 11) is -0.00674. The Balaban J connectivity index is 1.51. The number of H-pyrrole nitrogens is 1. The molecule has 3 aromatic heterocycles. The summed E-state index contributed by atoms with van der Waals surface area (Å²) >= 11 is 0. The molecule has 2 aromatic carbocycles. The molecular formula is C29H27F6N6O2P. The summed E-state index contributed by atoms with van der Waals surface area (Å²) in [6.07, 6.45) is -7.64. The Bertz CT molecular complexity index is 1950. The van der Waals surface area contributed by atoms with Gasteiger partial charge in [0.15, 0.2) is 5.82 Å². The average Bonchev–Trinajstić information content (AvgIpc) is 3.38. The van der Waals surface area contributed by atoms with Crippen molar-refractivity contribution >= 4 is 23.5 Å². The van der Waals surface area contributed by atoms with E-state index in [2.05, 4.69) is 19.8 Å². The standard InChI is InChI=1S/C29H27F6N6O2P/c1-5-44(4,42)16-11-12-17(21(13-16)43-29(33,34)35)27-38-24(25(40(27)2)15-9-10-15)18-7-6-8-19-23(18)37-26(36-19)20-14-22(28(30,31)32)41(3)39-20/h6-8,11-15H,5,9-10H2,1-4H3,(H,36,37). The number of nitrogens with one attached hydrogen (secondary N) is 1. The Morgan fingerprint density at radius 2 is 1.75 bits per heavy atom. The van der Waals surface area contributed by atoms with Crippen LogP contribution in [-0.2, 0) is 24.8 Å². The number of imidazole rings is 2. The molecule has 1 atom stereocenters. The quantitative estimate of drug-likeness (QED) is 0.148. The molecule has 1 N–H and O–H groups in total. The van der Waals surface area contributed by atoms with Crippen molar-refractivity contribution in [3.8, 4) is 39.9 Å². The third kappa shape index (κ3) is 5.40. The minimum absolute atomic E-state index is 0.000393. The highest BCUT2D eigenvalue weighted by Crippen LogP contribution is 2.48. The lowest BCUT2D eigenvalue weighted by molar-refractivity contribution is -0.274. The number of benzene rings is 2. The molecule has 0 aliphatic heterocycles. The summed E-state index contributed by atoms with van der Waals surface area (Å²) in [5.74, 6) is -0.0813. The molecule has 0 spiro atoms. The predicted molar refractivity (Wildman–Crippen MR) is 153 cm³/mol. The first-order chi connectivity index (χ1) is 20.6. The van der Waals surface area contributed by atoms with Gasteiger partial charge in [-0.15, -0.1) is 13.2 Å². The second kappa shape index (κ2) is 10.3. The van der Waals surface area contributed by atoms with Gasteiger partial charge in [-0.1, -0.05) is 25.1 Å². The lowest BCUT2D eigenvalue weighted by Crippen LogP contribution is -2.19. The van der Waals surface area contributed by atoms with Crippen LogP contribution in [0.2, 0.25) is 0 Å². The predicted octanol–water partition coefficient (Wildman–Crippen LogP) is 7.46. The maximum Gasteiger partial charge on any atom is 0.573 e. The molecule has 0 saturated heterocycles. The SMILES string of the molecule is CCP(C)(=O)c1ccc(-c2nc(-c3cccc4[nH]c(-c5cc(C(F)(F)F)n(C)n5)nc34)c(C3CC3)n2C)c(OC(F)(F)F)c1. The van der Waals surface area contributed by atoms with Crippen LogP contribution in [0.25, 0.3) is 45.2 Å². The largest absolute Gasteiger partial charge is 0.573 e. The first-order valence-electron chi connectivity index (χ1n) is 13.7. The molecule has 3 heterocycles. The number of aromatic amines is 1. The molecule has 44 heavy (non-hydrogen) atoms. The van der Waals surface area contributed by atoms with Gasteiger partial charge in [0.05, 0.1) is 22.3 Å². The van der Waals surface area contributed by atoms with Crippen LogP contribution in [0, 0.1) is 0 Å². The van der Waals surface area contributed by atoms with E-state index in [0.29, 0.717) is 22.3 Å². The van der Waals surface area contributed by atoms with E-state index in [0.717, 1.165) is 29.3 Å². The van der Waals surface area contributed by atoms with Crippen LogP contribution in [0.3, 0.4) is 0 Å². The number of rotatable bonds is 7. The number of aryl methyl sites for hydroxylation is 1. The molecule has 0 amide bonds. The van der Waals surface area contributed by atoms with Gasteiger partial charge in [-0.05, 0) is 43.8 Å². The van der Waals surface area contributed by atoms with Crippen LogP contribution in [0.4, 0.5) is 26.3 Å². The molecule has 5 aromatic rings. The van der Waals surface area contributed by atoms with Crippen molar-refractivity contribution in [2.75, 3.05) is 12.8 Å². The number of fused-ring (bicyclic) bond motifs is 1. The van der Waals surface area contributed by atoms with E-state index < -0.39 is 31.1 Å². The number of hydrogen-bond donors (Lipinski definition) is 1. The van der Waals surface area contributed by atoms with E-state index in [-0.39, 0.29) is 40.3 Å². The lowest BCUT2D eigenvalue weighted by Gasteiger charge is -2.17. The van der Waals surface area contributed by atoms with Gasteiger partial charge in [-0.2, -0.15) is 18.3 Å². The molecule has 8 nitrogen and oxygen atoms in total. The normalized spacial score (nSPS) is 15.6. The number of para-hydroxylation sites is 1. The van der Waals surface area contributed by atoms with Gasteiger partial charge in [0.2, 0.25) is 0 Å². The molecule has 1 aliphatic carbocycles. The molecule has 15 heteroatoms. The number of nitrogens with zero attached hydrogens (tertiary/aromatic N) is 5. The highest BCUT2D eigenvalue weighted by molar-refractivity contribution is 7.70. The van der Waals surface area contributed by atoms with Crippen LogP contribution in [0.1, 0.15) is 37.1 Å². The van der Waals surface area contributed by atoms with E-state index in [1.165, 1.54) is 31.9 Å². The van der Waals surface area contributed by atoms with Crippen molar-refractivity contribution in [3.05, 3.63) is 53.9 Å². The van der Waals surface area contributed by atoms with E-state index in [1.54, 1.807) is 36.7 Å². The number of halogens is 6. The first kappa shape index (κ1) is 30.0. The minimum Gasteiger partial charge on any atom is -0.405 e. The zero-order chi connectivity index (χ0) is 31.8. The first-order valence-corrected chi connectivity index (χ1v) is 16.1. The number of hydrogen-bond acceptors (Lipinski definition) is 5. The van der Waals surface area contributed by atoms with Crippen molar-refractivity contribution in [3.63, 3.8) is 0 Å². The van der Waals surface area contributed by atoms with Crippen LogP contribution < -0.4 is 10.0 Å². The molecule has 0 radical (unpaired) electrons. The number of alkyl halides is 6. The Morgan fingerprint density at radius 1 is 1.02 bits per heavy atom. The fourth-order valence-corrected chi connectivity index (χ4v) is 6.49. The monoisotopic (exact) mass is 636 g/mol. The van der Waals surface area contributed by atoms with E-state index >= 15 is 0 Å². The zero-order valence-corrected chi connectivity index (χ0v) is 24.9.